The Labute approximate surface area is 145 Å². The number of imidazole rings is 2. The molecule has 0 spiro atoms. The number of hydrogen-bond acceptors (Lipinski definition) is 4. The Balaban J connectivity index is 1.70. The summed E-state index contributed by atoms with van der Waals surface area (Å²) >= 11 is 0. The van der Waals surface area contributed by atoms with Crippen LogP contribution < -0.4 is 0 Å². The van der Waals surface area contributed by atoms with Crippen LogP contribution in [-0.4, -0.2) is 33.9 Å². The number of para-hydroxylation sites is 1. The first-order valence-electron chi connectivity index (χ1n) is 8.32. The van der Waals surface area contributed by atoms with Gasteiger partial charge in [-0.3, -0.25) is 0 Å². The summed E-state index contributed by atoms with van der Waals surface area (Å²) in [5.74, 6) is 1.76. The van der Waals surface area contributed by atoms with Gasteiger partial charge in [-0.05, 0) is 18.1 Å². The maximum absolute atomic E-state index is 4.53. The second-order valence-corrected chi connectivity index (χ2v) is 5.79. The van der Waals surface area contributed by atoms with E-state index in [1.54, 1.807) is 17.3 Å². The molecule has 0 saturated carbocycles. The lowest BCUT2D eigenvalue weighted by Gasteiger charge is -2.12. The molecule has 0 unspecified atom stereocenters. The molecule has 0 N–H and O–H groups in total. The second-order valence-electron chi connectivity index (χ2n) is 5.79. The fraction of sp³-hybridized carbons (Fsp3) is 0.222. The van der Waals surface area contributed by atoms with Crippen LogP contribution in [0.5, 0.6) is 0 Å². The average Bonchev–Trinajstić information content (AvgIpc) is 3.37. The number of nitrogens with zero attached hydrogens (tertiary/aromatic N) is 7. The quantitative estimate of drug-likeness (QED) is 0.544. The third-order valence-electron chi connectivity index (χ3n) is 4.09. The van der Waals surface area contributed by atoms with Gasteiger partial charge in [0.15, 0.2) is 11.6 Å². The highest BCUT2D eigenvalue weighted by atomic mass is 15.3. The Morgan fingerprint density at radius 2 is 1.72 bits per heavy atom. The van der Waals surface area contributed by atoms with E-state index in [9.17, 15) is 0 Å². The van der Waals surface area contributed by atoms with Crippen molar-refractivity contribution in [2.75, 3.05) is 0 Å². The van der Waals surface area contributed by atoms with Crippen LogP contribution in [-0.2, 0) is 13.1 Å². The summed E-state index contributed by atoms with van der Waals surface area (Å²) in [7, 11) is 0. The van der Waals surface area contributed by atoms with Crippen molar-refractivity contribution < 1.29 is 0 Å². The molecule has 3 heterocycles. The van der Waals surface area contributed by atoms with E-state index in [0.717, 1.165) is 35.9 Å². The van der Waals surface area contributed by atoms with Gasteiger partial charge < -0.3 is 9.13 Å². The molecule has 126 valence electrons. The lowest BCUT2D eigenvalue weighted by molar-refractivity contribution is 0.674. The molecule has 0 aliphatic rings. The Bertz CT molecular complexity index is 949. The highest BCUT2D eigenvalue weighted by Gasteiger charge is 2.14. The van der Waals surface area contributed by atoms with E-state index in [0.29, 0.717) is 6.54 Å². The molecule has 3 aromatic heterocycles. The van der Waals surface area contributed by atoms with Gasteiger partial charge in [-0.15, -0.1) is 0 Å². The number of benzene rings is 1. The van der Waals surface area contributed by atoms with E-state index in [2.05, 4.69) is 42.2 Å². The molecule has 7 nitrogen and oxygen atoms in total. The summed E-state index contributed by atoms with van der Waals surface area (Å²) in [5.41, 5.74) is 2.15. The molecular weight excluding hydrogens is 314 g/mol. The van der Waals surface area contributed by atoms with E-state index in [1.165, 1.54) is 0 Å². The standard InChI is InChI=1S/C18H19N7/c1-2-9-23-10-7-20-17(23)18-21-8-11-24(18)12-15-5-3-4-6-16(15)25-14-19-13-22-25/h3-8,10-11,13-14H,2,9,12H2,1H3. The number of aryl methyl sites for hydroxylation is 1. The average molecular weight is 333 g/mol. The summed E-state index contributed by atoms with van der Waals surface area (Å²) in [6.45, 7) is 3.77. The molecule has 0 amide bonds. The largest absolute Gasteiger partial charge is 0.328 e. The topological polar surface area (TPSA) is 66.3 Å². The van der Waals surface area contributed by atoms with E-state index in [4.69, 9.17) is 0 Å². The van der Waals surface area contributed by atoms with Crippen LogP contribution in [0.4, 0.5) is 0 Å². The van der Waals surface area contributed by atoms with Crippen molar-refractivity contribution in [3.8, 4) is 17.3 Å². The predicted molar refractivity (Wildman–Crippen MR) is 94.2 cm³/mol. The van der Waals surface area contributed by atoms with Gasteiger partial charge in [0.2, 0.25) is 0 Å². The van der Waals surface area contributed by atoms with E-state index in [-0.39, 0.29) is 0 Å². The normalized spacial score (nSPS) is 11.1. The van der Waals surface area contributed by atoms with Crippen molar-refractivity contribution in [3.05, 3.63) is 67.3 Å². The van der Waals surface area contributed by atoms with Crippen molar-refractivity contribution in [1.82, 2.24) is 33.9 Å². The predicted octanol–water partition coefficient (Wildman–Crippen LogP) is 2.79. The smallest absolute Gasteiger partial charge is 0.176 e. The van der Waals surface area contributed by atoms with Crippen LogP contribution in [0.3, 0.4) is 0 Å². The number of aromatic nitrogens is 7. The Hall–Kier alpha value is -3.22. The fourth-order valence-corrected chi connectivity index (χ4v) is 2.96. The van der Waals surface area contributed by atoms with Gasteiger partial charge in [-0.1, -0.05) is 25.1 Å². The molecule has 0 aliphatic heterocycles. The molecule has 7 heteroatoms. The summed E-state index contributed by atoms with van der Waals surface area (Å²) in [4.78, 5) is 13.1. The first-order valence-corrected chi connectivity index (χ1v) is 8.32. The molecule has 4 rings (SSSR count). The highest BCUT2D eigenvalue weighted by Crippen LogP contribution is 2.20. The Kier molecular flexibility index (Phi) is 4.12. The van der Waals surface area contributed by atoms with Crippen LogP contribution in [0.1, 0.15) is 18.9 Å². The molecule has 0 aliphatic carbocycles. The van der Waals surface area contributed by atoms with E-state index >= 15 is 0 Å². The third-order valence-corrected chi connectivity index (χ3v) is 4.09. The van der Waals surface area contributed by atoms with Gasteiger partial charge in [0.25, 0.3) is 0 Å². The maximum atomic E-state index is 4.53. The highest BCUT2D eigenvalue weighted by molar-refractivity contribution is 5.46. The molecule has 0 bridgehead atoms. The monoisotopic (exact) mass is 333 g/mol. The van der Waals surface area contributed by atoms with Crippen molar-refractivity contribution >= 4 is 0 Å². The minimum atomic E-state index is 0.685. The molecule has 4 aromatic rings. The van der Waals surface area contributed by atoms with Crippen LogP contribution in [0.15, 0.2) is 61.7 Å². The Morgan fingerprint density at radius 1 is 0.960 bits per heavy atom. The molecule has 0 atom stereocenters. The fourth-order valence-electron chi connectivity index (χ4n) is 2.96. The molecule has 1 aromatic carbocycles. The molecule has 0 fully saturated rings. The molecule has 0 saturated heterocycles. The van der Waals surface area contributed by atoms with E-state index < -0.39 is 0 Å². The second kappa shape index (κ2) is 6.72. The summed E-state index contributed by atoms with van der Waals surface area (Å²) in [6.07, 6.45) is 11.9. The Morgan fingerprint density at radius 3 is 2.48 bits per heavy atom. The zero-order valence-corrected chi connectivity index (χ0v) is 14.0. The van der Waals surface area contributed by atoms with Crippen LogP contribution in [0.2, 0.25) is 0 Å². The summed E-state index contributed by atoms with van der Waals surface area (Å²) in [5, 5.41) is 4.25. The zero-order valence-electron chi connectivity index (χ0n) is 14.0. The van der Waals surface area contributed by atoms with Gasteiger partial charge in [0.1, 0.15) is 12.7 Å². The van der Waals surface area contributed by atoms with Crippen molar-refractivity contribution in [3.63, 3.8) is 0 Å². The maximum Gasteiger partial charge on any atom is 0.176 e. The molecule has 25 heavy (non-hydrogen) atoms. The van der Waals surface area contributed by atoms with Crippen LogP contribution in [0, 0.1) is 0 Å². The number of hydrogen-bond donors (Lipinski definition) is 0. The molecule has 0 radical (unpaired) electrons. The summed E-state index contributed by atoms with van der Waals surface area (Å²) < 4.78 is 6.04. The first-order chi connectivity index (χ1) is 12.4. The SMILES string of the molecule is CCCn1ccnc1-c1nccn1Cc1ccccc1-n1cncn1. The minimum absolute atomic E-state index is 0.685. The third kappa shape index (κ3) is 2.96. The van der Waals surface area contributed by atoms with Gasteiger partial charge in [0.05, 0.1) is 12.2 Å². The van der Waals surface area contributed by atoms with Crippen molar-refractivity contribution in [1.29, 1.82) is 0 Å². The van der Waals surface area contributed by atoms with Gasteiger partial charge in [-0.2, -0.15) is 5.10 Å². The first kappa shape index (κ1) is 15.3. The van der Waals surface area contributed by atoms with Crippen LogP contribution in [0.25, 0.3) is 17.3 Å². The zero-order chi connectivity index (χ0) is 17.1. The minimum Gasteiger partial charge on any atom is -0.328 e. The molecular formula is C18H19N7. The van der Waals surface area contributed by atoms with Gasteiger partial charge in [-0.25, -0.2) is 19.6 Å². The van der Waals surface area contributed by atoms with Gasteiger partial charge in [0, 0.05) is 31.3 Å². The lowest BCUT2D eigenvalue weighted by atomic mass is 10.1. The number of rotatable bonds is 6. The lowest BCUT2D eigenvalue weighted by Crippen LogP contribution is -2.08. The summed E-state index contributed by atoms with van der Waals surface area (Å²) in [6, 6.07) is 8.17. The van der Waals surface area contributed by atoms with E-state index in [1.807, 2.05) is 43.0 Å². The van der Waals surface area contributed by atoms with Crippen molar-refractivity contribution in [2.24, 2.45) is 0 Å². The van der Waals surface area contributed by atoms with Crippen LogP contribution >= 0.6 is 0 Å². The van der Waals surface area contributed by atoms with Crippen molar-refractivity contribution in [2.45, 2.75) is 26.4 Å². The van der Waals surface area contributed by atoms with Gasteiger partial charge >= 0.3 is 0 Å².